The molecule has 0 bridgehead atoms. The van der Waals surface area contributed by atoms with E-state index in [1.54, 1.807) is 0 Å². The molecule has 0 aliphatic heterocycles. The van der Waals surface area contributed by atoms with Crippen molar-refractivity contribution >= 4 is 17.0 Å². The number of aromatic nitrogens is 4. The zero-order chi connectivity index (χ0) is 20.0. The van der Waals surface area contributed by atoms with Gasteiger partial charge in [-0.2, -0.15) is 0 Å². The molecule has 0 aliphatic carbocycles. The third-order valence-corrected chi connectivity index (χ3v) is 4.74. The lowest BCUT2D eigenvalue weighted by atomic mass is 10.0. The van der Waals surface area contributed by atoms with Gasteiger partial charge >= 0.3 is 0 Å². The van der Waals surface area contributed by atoms with Gasteiger partial charge in [0.1, 0.15) is 17.5 Å². The van der Waals surface area contributed by atoms with Gasteiger partial charge in [-0.1, -0.05) is 42.5 Å². The second-order valence-electron chi connectivity index (χ2n) is 6.63. The SMILES string of the molecule is Nc1nc2ccc(-c3nc(-c4c(F)cccc4F)[nH]c3-c3ccccc3)cc2[nH]1. The number of aromatic amines is 2. The van der Waals surface area contributed by atoms with Crippen LogP contribution in [0.15, 0.2) is 66.7 Å². The Morgan fingerprint density at radius 2 is 1.52 bits per heavy atom. The van der Waals surface area contributed by atoms with Gasteiger partial charge in [0.25, 0.3) is 0 Å². The molecule has 142 valence electrons. The van der Waals surface area contributed by atoms with Gasteiger partial charge in [0.05, 0.1) is 28.0 Å². The molecule has 7 heteroatoms. The Morgan fingerprint density at radius 1 is 0.759 bits per heavy atom. The van der Waals surface area contributed by atoms with E-state index in [4.69, 9.17) is 5.73 Å². The highest BCUT2D eigenvalue weighted by atomic mass is 19.1. The van der Waals surface area contributed by atoms with E-state index in [0.717, 1.165) is 22.2 Å². The number of rotatable bonds is 3. The number of imidazole rings is 2. The lowest BCUT2D eigenvalue weighted by Crippen LogP contribution is -1.91. The van der Waals surface area contributed by atoms with Crippen LogP contribution in [0, 0.1) is 11.6 Å². The number of nitrogens with two attached hydrogens (primary N) is 1. The fourth-order valence-electron chi connectivity index (χ4n) is 3.41. The van der Waals surface area contributed by atoms with Crippen molar-refractivity contribution in [1.29, 1.82) is 0 Å². The lowest BCUT2D eigenvalue weighted by molar-refractivity contribution is 0.588. The standard InChI is InChI=1S/C22H15F2N5/c23-14-7-4-8-15(24)18(14)21-28-19(12-5-2-1-3-6-12)20(29-21)13-9-10-16-17(11-13)27-22(25)26-16/h1-11H,(H,28,29)(H3,25,26,27). The molecular weight excluding hydrogens is 372 g/mol. The van der Waals surface area contributed by atoms with Gasteiger partial charge in [-0.05, 0) is 24.3 Å². The molecule has 29 heavy (non-hydrogen) atoms. The van der Waals surface area contributed by atoms with E-state index in [1.807, 2.05) is 48.5 Å². The molecule has 3 aromatic carbocycles. The number of benzene rings is 3. The van der Waals surface area contributed by atoms with Crippen molar-refractivity contribution in [3.05, 3.63) is 78.4 Å². The second-order valence-corrected chi connectivity index (χ2v) is 6.63. The zero-order valence-corrected chi connectivity index (χ0v) is 15.1. The fourth-order valence-corrected chi connectivity index (χ4v) is 3.41. The quantitative estimate of drug-likeness (QED) is 0.400. The molecule has 0 atom stereocenters. The molecule has 4 N–H and O–H groups in total. The molecule has 0 spiro atoms. The predicted octanol–water partition coefficient (Wildman–Crippen LogP) is 5.15. The summed E-state index contributed by atoms with van der Waals surface area (Å²) in [6, 6.07) is 18.8. The van der Waals surface area contributed by atoms with Gasteiger partial charge < -0.3 is 15.7 Å². The Morgan fingerprint density at radius 3 is 2.28 bits per heavy atom. The summed E-state index contributed by atoms with van der Waals surface area (Å²) in [5.74, 6) is -0.918. The summed E-state index contributed by atoms with van der Waals surface area (Å²) in [5.41, 5.74) is 9.87. The van der Waals surface area contributed by atoms with Crippen molar-refractivity contribution in [3.8, 4) is 33.9 Å². The maximum absolute atomic E-state index is 14.4. The van der Waals surface area contributed by atoms with Crippen molar-refractivity contribution in [3.63, 3.8) is 0 Å². The minimum atomic E-state index is -0.679. The zero-order valence-electron chi connectivity index (χ0n) is 15.1. The van der Waals surface area contributed by atoms with Crippen LogP contribution in [0.4, 0.5) is 14.7 Å². The molecule has 5 nitrogen and oxygen atoms in total. The summed E-state index contributed by atoms with van der Waals surface area (Å²) in [5, 5.41) is 0. The summed E-state index contributed by atoms with van der Waals surface area (Å²) in [6.07, 6.45) is 0. The third kappa shape index (κ3) is 2.93. The largest absolute Gasteiger partial charge is 0.369 e. The van der Waals surface area contributed by atoms with Gasteiger partial charge in [0.2, 0.25) is 0 Å². The first-order valence-electron chi connectivity index (χ1n) is 8.95. The van der Waals surface area contributed by atoms with Crippen molar-refractivity contribution in [2.75, 3.05) is 5.73 Å². The number of hydrogen-bond donors (Lipinski definition) is 3. The highest BCUT2D eigenvalue weighted by molar-refractivity contribution is 5.87. The maximum atomic E-state index is 14.4. The Balaban J connectivity index is 1.75. The van der Waals surface area contributed by atoms with Crippen LogP contribution in [0.5, 0.6) is 0 Å². The van der Waals surface area contributed by atoms with Gasteiger partial charge in [-0.25, -0.2) is 18.7 Å². The van der Waals surface area contributed by atoms with E-state index < -0.39 is 11.6 Å². The molecule has 2 heterocycles. The van der Waals surface area contributed by atoms with Gasteiger partial charge in [-0.3, -0.25) is 0 Å². The van der Waals surface area contributed by atoms with Crippen LogP contribution >= 0.6 is 0 Å². The Labute approximate surface area is 164 Å². The summed E-state index contributed by atoms with van der Waals surface area (Å²) >= 11 is 0. The minimum Gasteiger partial charge on any atom is -0.369 e. The normalized spacial score (nSPS) is 11.2. The number of hydrogen-bond acceptors (Lipinski definition) is 3. The Hall–Kier alpha value is -4.00. The molecule has 0 amide bonds. The number of nitrogens with one attached hydrogen (secondary N) is 2. The average molecular weight is 387 g/mol. The highest BCUT2D eigenvalue weighted by Crippen LogP contribution is 2.35. The predicted molar refractivity (Wildman–Crippen MR) is 109 cm³/mol. The van der Waals surface area contributed by atoms with Crippen LogP contribution in [0.3, 0.4) is 0 Å². The number of nitrogens with zero attached hydrogens (tertiary/aromatic N) is 2. The van der Waals surface area contributed by atoms with E-state index in [1.165, 1.54) is 18.2 Å². The van der Waals surface area contributed by atoms with E-state index in [-0.39, 0.29) is 11.4 Å². The van der Waals surface area contributed by atoms with E-state index in [2.05, 4.69) is 19.9 Å². The molecule has 0 aliphatic rings. The molecule has 2 aromatic heterocycles. The van der Waals surface area contributed by atoms with Crippen molar-refractivity contribution in [1.82, 2.24) is 19.9 Å². The Bertz CT molecular complexity index is 1320. The van der Waals surface area contributed by atoms with Gasteiger partial charge in [-0.15, -0.1) is 0 Å². The smallest absolute Gasteiger partial charge is 0.198 e. The first kappa shape index (κ1) is 17.1. The Kier molecular flexibility index (Phi) is 3.87. The molecule has 0 saturated carbocycles. The second kappa shape index (κ2) is 6.56. The number of anilines is 1. The molecule has 0 unspecified atom stereocenters. The van der Waals surface area contributed by atoms with E-state index in [0.29, 0.717) is 17.3 Å². The van der Waals surface area contributed by atoms with Crippen molar-refractivity contribution < 1.29 is 8.78 Å². The summed E-state index contributed by atoms with van der Waals surface area (Å²) in [6.45, 7) is 0. The van der Waals surface area contributed by atoms with Crippen molar-refractivity contribution in [2.24, 2.45) is 0 Å². The molecule has 0 fully saturated rings. The number of H-pyrrole nitrogens is 2. The monoisotopic (exact) mass is 387 g/mol. The van der Waals surface area contributed by atoms with Crippen LogP contribution in [0.1, 0.15) is 0 Å². The van der Waals surface area contributed by atoms with Crippen LogP contribution in [-0.2, 0) is 0 Å². The fraction of sp³-hybridized carbons (Fsp3) is 0. The molecule has 0 saturated heterocycles. The van der Waals surface area contributed by atoms with Crippen molar-refractivity contribution in [2.45, 2.75) is 0 Å². The molecule has 5 rings (SSSR count). The van der Waals surface area contributed by atoms with Gasteiger partial charge in [0, 0.05) is 11.1 Å². The maximum Gasteiger partial charge on any atom is 0.198 e. The summed E-state index contributed by atoms with van der Waals surface area (Å²) < 4.78 is 28.7. The van der Waals surface area contributed by atoms with Crippen LogP contribution in [0.25, 0.3) is 44.9 Å². The van der Waals surface area contributed by atoms with E-state index in [9.17, 15) is 8.78 Å². The van der Waals surface area contributed by atoms with E-state index >= 15 is 0 Å². The number of nitrogen functional groups attached to an aromatic ring is 1. The average Bonchev–Trinajstić information content (AvgIpc) is 3.31. The van der Waals surface area contributed by atoms with Crippen LogP contribution in [-0.4, -0.2) is 19.9 Å². The molecule has 0 radical (unpaired) electrons. The minimum absolute atomic E-state index is 0.124. The lowest BCUT2D eigenvalue weighted by Gasteiger charge is -2.03. The molecule has 5 aromatic rings. The topological polar surface area (TPSA) is 83.4 Å². The summed E-state index contributed by atoms with van der Waals surface area (Å²) in [4.78, 5) is 14.9. The third-order valence-electron chi connectivity index (χ3n) is 4.74. The van der Waals surface area contributed by atoms with Crippen LogP contribution in [0.2, 0.25) is 0 Å². The molecular formula is C22H15F2N5. The summed E-state index contributed by atoms with van der Waals surface area (Å²) in [7, 11) is 0. The number of fused-ring (bicyclic) bond motifs is 1. The number of halogens is 2. The first-order valence-corrected chi connectivity index (χ1v) is 8.95. The first-order chi connectivity index (χ1) is 14.1. The van der Waals surface area contributed by atoms with Crippen LogP contribution < -0.4 is 5.73 Å². The highest BCUT2D eigenvalue weighted by Gasteiger charge is 2.20. The van der Waals surface area contributed by atoms with Gasteiger partial charge in [0.15, 0.2) is 5.95 Å².